The highest BCUT2D eigenvalue weighted by atomic mass is 32.1. The molecule has 0 bridgehead atoms. The maximum absolute atomic E-state index is 13.6. The standard InChI is InChI=1S/C11H9F2N3O2S/c1-6(9-4-19-5-14-9)15-11-8(13)2-7(12)3-10(11)16(17)18/h2-6,15H,1H3. The van der Waals surface area contributed by atoms with Crippen LogP contribution in [0.4, 0.5) is 20.2 Å². The Morgan fingerprint density at radius 1 is 1.47 bits per heavy atom. The largest absolute Gasteiger partial charge is 0.369 e. The number of nitrogens with zero attached hydrogens (tertiary/aromatic N) is 2. The number of thiazole rings is 1. The lowest BCUT2D eigenvalue weighted by molar-refractivity contribution is -0.384. The minimum absolute atomic E-state index is 0.341. The van der Waals surface area contributed by atoms with Gasteiger partial charge < -0.3 is 5.32 Å². The Balaban J connectivity index is 2.36. The van der Waals surface area contributed by atoms with Crippen LogP contribution in [-0.4, -0.2) is 9.91 Å². The monoisotopic (exact) mass is 285 g/mol. The number of nitrogens with one attached hydrogen (secondary N) is 1. The number of halogens is 2. The van der Waals surface area contributed by atoms with Crippen LogP contribution in [0.2, 0.25) is 0 Å². The first kappa shape index (κ1) is 13.3. The minimum atomic E-state index is -1.01. The van der Waals surface area contributed by atoms with Crippen LogP contribution < -0.4 is 5.32 Å². The quantitative estimate of drug-likeness (QED) is 0.689. The van der Waals surface area contributed by atoms with E-state index in [4.69, 9.17) is 0 Å². The first-order valence-corrected chi connectivity index (χ1v) is 6.21. The van der Waals surface area contributed by atoms with Crippen LogP contribution >= 0.6 is 11.3 Å². The van der Waals surface area contributed by atoms with Crippen molar-refractivity contribution < 1.29 is 13.7 Å². The van der Waals surface area contributed by atoms with E-state index in [1.54, 1.807) is 17.8 Å². The summed E-state index contributed by atoms with van der Waals surface area (Å²) in [7, 11) is 0. The number of rotatable bonds is 4. The third kappa shape index (κ3) is 2.84. The van der Waals surface area contributed by atoms with E-state index < -0.39 is 28.3 Å². The smallest absolute Gasteiger partial charge is 0.298 e. The van der Waals surface area contributed by atoms with Gasteiger partial charge in [-0.1, -0.05) is 0 Å². The molecular weight excluding hydrogens is 276 g/mol. The molecular formula is C11H9F2N3O2S. The minimum Gasteiger partial charge on any atom is -0.369 e. The highest BCUT2D eigenvalue weighted by molar-refractivity contribution is 7.07. The molecule has 1 aromatic carbocycles. The van der Waals surface area contributed by atoms with Gasteiger partial charge in [-0.05, 0) is 6.92 Å². The summed E-state index contributed by atoms with van der Waals surface area (Å²) in [5, 5.41) is 15.2. The molecule has 1 atom stereocenters. The van der Waals surface area contributed by atoms with E-state index in [2.05, 4.69) is 10.3 Å². The van der Waals surface area contributed by atoms with Crippen molar-refractivity contribution in [3.05, 3.63) is 50.5 Å². The lowest BCUT2D eigenvalue weighted by Gasteiger charge is -2.13. The lowest BCUT2D eigenvalue weighted by atomic mass is 10.2. The second-order valence-electron chi connectivity index (χ2n) is 3.82. The fourth-order valence-electron chi connectivity index (χ4n) is 1.57. The molecule has 8 heteroatoms. The number of benzene rings is 1. The van der Waals surface area contributed by atoms with E-state index in [9.17, 15) is 18.9 Å². The van der Waals surface area contributed by atoms with Crippen molar-refractivity contribution in [1.29, 1.82) is 0 Å². The Morgan fingerprint density at radius 2 is 2.21 bits per heavy atom. The fourth-order valence-corrected chi connectivity index (χ4v) is 2.22. The third-order valence-electron chi connectivity index (χ3n) is 2.49. The zero-order valence-corrected chi connectivity index (χ0v) is 10.6. The summed E-state index contributed by atoms with van der Waals surface area (Å²) in [6.45, 7) is 1.68. The molecule has 0 aliphatic heterocycles. The normalized spacial score (nSPS) is 12.2. The summed E-state index contributed by atoms with van der Waals surface area (Å²) >= 11 is 1.36. The Kier molecular flexibility index (Phi) is 3.70. The molecule has 2 rings (SSSR count). The Bertz CT molecular complexity index is 604. The van der Waals surface area contributed by atoms with Crippen molar-refractivity contribution in [3.8, 4) is 0 Å². The topological polar surface area (TPSA) is 68.1 Å². The average molecular weight is 285 g/mol. The van der Waals surface area contributed by atoms with Crippen LogP contribution in [0.5, 0.6) is 0 Å². The van der Waals surface area contributed by atoms with Gasteiger partial charge in [-0.3, -0.25) is 10.1 Å². The van der Waals surface area contributed by atoms with E-state index in [1.807, 2.05) is 0 Å². The Hall–Kier alpha value is -2.09. The zero-order chi connectivity index (χ0) is 14.0. The van der Waals surface area contributed by atoms with Gasteiger partial charge in [0.25, 0.3) is 5.69 Å². The molecule has 1 unspecified atom stereocenters. The number of hydrogen-bond acceptors (Lipinski definition) is 5. The summed E-state index contributed by atoms with van der Waals surface area (Å²) in [5.74, 6) is -2.00. The SMILES string of the molecule is CC(Nc1c(F)cc(F)cc1[N+](=O)[O-])c1cscn1. The summed E-state index contributed by atoms with van der Waals surface area (Å²) in [5.41, 5.74) is 1.25. The van der Waals surface area contributed by atoms with Gasteiger partial charge in [0.15, 0.2) is 5.82 Å². The molecule has 0 spiro atoms. The van der Waals surface area contributed by atoms with E-state index >= 15 is 0 Å². The van der Waals surface area contributed by atoms with Gasteiger partial charge in [-0.2, -0.15) is 0 Å². The predicted octanol–water partition coefficient (Wildman–Crippen LogP) is 3.50. The highest BCUT2D eigenvalue weighted by Gasteiger charge is 2.22. The van der Waals surface area contributed by atoms with Gasteiger partial charge in [0.2, 0.25) is 0 Å². The van der Waals surface area contributed by atoms with Crippen molar-refractivity contribution in [2.24, 2.45) is 0 Å². The summed E-state index contributed by atoms with van der Waals surface area (Å²) in [6.07, 6.45) is 0. The van der Waals surface area contributed by atoms with Crippen molar-refractivity contribution in [2.75, 3.05) is 5.32 Å². The molecule has 0 radical (unpaired) electrons. The Morgan fingerprint density at radius 3 is 2.79 bits per heavy atom. The van der Waals surface area contributed by atoms with Crippen LogP contribution in [0.3, 0.4) is 0 Å². The molecule has 0 saturated heterocycles. The van der Waals surface area contributed by atoms with Gasteiger partial charge in [-0.25, -0.2) is 13.8 Å². The Labute approximate surface area is 111 Å². The van der Waals surface area contributed by atoms with Crippen LogP contribution in [0.15, 0.2) is 23.0 Å². The molecule has 2 aromatic rings. The first-order chi connectivity index (χ1) is 8.99. The van der Waals surface area contributed by atoms with E-state index in [0.717, 1.165) is 0 Å². The van der Waals surface area contributed by atoms with Gasteiger partial charge in [0.1, 0.15) is 11.5 Å². The lowest BCUT2D eigenvalue weighted by Crippen LogP contribution is -2.10. The van der Waals surface area contributed by atoms with Crippen molar-refractivity contribution >= 4 is 22.7 Å². The molecule has 0 amide bonds. The van der Waals surface area contributed by atoms with Crippen LogP contribution in [-0.2, 0) is 0 Å². The molecule has 5 nitrogen and oxygen atoms in total. The highest BCUT2D eigenvalue weighted by Crippen LogP contribution is 2.31. The van der Waals surface area contributed by atoms with Gasteiger partial charge in [0.05, 0.1) is 28.2 Å². The van der Waals surface area contributed by atoms with Gasteiger partial charge >= 0.3 is 0 Å². The molecule has 0 aliphatic carbocycles. The second-order valence-corrected chi connectivity index (χ2v) is 4.54. The maximum Gasteiger partial charge on any atom is 0.298 e. The molecule has 0 aliphatic rings. The summed E-state index contributed by atoms with van der Waals surface area (Å²) < 4.78 is 26.6. The number of hydrogen-bond donors (Lipinski definition) is 1. The van der Waals surface area contributed by atoms with Gasteiger partial charge in [0, 0.05) is 11.4 Å². The van der Waals surface area contributed by atoms with Crippen molar-refractivity contribution in [1.82, 2.24) is 4.98 Å². The van der Waals surface area contributed by atoms with E-state index in [-0.39, 0.29) is 5.69 Å². The van der Waals surface area contributed by atoms with Crippen LogP contribution in [0.25, 0.3) is 0 Å². The molecule has 1 aromatic heterocycles. The second kappa shape index (κ2) is 5.27. The van der Waals surface area contributed by atoms with Gasteiger partial charge in [-0.15, -0.1) is 11.3 Å². The van der Waals surface area contributed by atoms with E-state index in [0.29, 0.717) is 17.8 Å². The summed E-state index contributed by atoms with van der Waals surface area (Å²) in [6, 6.07) is 0.854. The molecule has 0 fully saturated rings. The van der Waals surface area contributed by atoms with Crippen LogP contribution in [0.1, 0.15) is 18.7 Å². The van der Waals surface area contributed by atoms with Crippen molar-refractivity contribution in [2.45, 2.75) is 13.0 Å². The molecule has 0 saturated carbocycles. The molecule has 1 heterocycles. The molecule has 100 valence electrons. The number of anilines is 1. The third-order valence-corrected chi connectivity index (χ3v) is 3.09. The average Bonchev–Trinajstić information content (AvgIpc) is 2.85. The number of aromatic nitrogens is 1. The molecule has 19 heavy (non-hydrogen) atoms. The van der Waals surface area contributed by atoms with Crippen LogP contribution in [0, 0.1) is 21.7 Å². The maximum atomic E-state index is 13.6. The summed E-state index contributed by atoms with van der Waals surface area (Å²) in [4.78, 5) is 14.0. The number of nitro groups is 1. The van der Waals surface area contributed by atoms with Crippen molar-refractivity contribution in [3.63, 3.8) is 0 Å². The molecule has 1 N–H and O–H groups in total. The fraction of sp³-hybridized carbons (Fsp3) is 0.182. The first-order valence-electron chi connectivity index (χ1n) is 5.27. The number of nitro benzene ring substituents is 1. The predicted molar refractivity (Wildman–Crippen MR) is 67.2 cm³/mol. The zero-order valence-electron chi connectivity index (χ0n) is 9.76. The van der Waals surface area contributed by atoms with E-state index in [1.165, 1.54) is 11.3 Å².